The molecule has 0 bridgehead atoms. The van der Waals surface area contributed by atoms with Gasteiger partial charge in [0.05, 0.1) is 5.57 Å². The molecule has 2 heterocycles. The van der Waals surface area contributed by atoms with Gasteiger partial charge in [-0.2, -0.15) is 0 Å². The summed E-state index contributed by atoms with van der Waals surface area (Å²) in [4.78, 5) is 14.4. The Morgan fingerprint density at radius 1 is 1.26 bits per heavy atom. The molecule has 0 unspecified atom stereocenters. The molecule has 0 aliphatic heterocycles. The minimum Gasteiger partial charge on any atom is -0.478 e. The standard InChI is InChI=1S/C15H16O2S2/c1-15(2,3)13-7-6-10(19-13)9-11(14(16)17)12-5-4-8-18-12/h4-9H,1-3H3,(H,16,17)/b11-9+. The van der Waals surface area contributed by atoms with Gasteiger partial charge in [-0.15, -0.1) is 22.7 Å². The molecule has 0 saturated carbocycles. The Hall–Kier alpha value is -1.39. The van der Waals surface area contributed by atoms with Gasteiger partial charge in [-0.25, -0.2) is 4.79 Å². The van der Waals surface area contributed by atoms with Gasteiger partial charge in [-0.05, 0) is 35.1 Å². The molecule has 0 aromatic carbocycles. The molecule has 0 amide bonds. The van der Waals surface area contributed by atoms with Gasteiger partial charge in [-0.1, -0.05) is 26.8 Å². The first-order valence-corrected chi connectivity index (χ1v) is 7.67. The Bertz CT molecular complexity index is 598. The van der Waals surface area contributed by atoms with Crippen LogP contribution in [0.2, 0.25) is 0 Å². The van der Waals surface area contributed by atoms with Crippen LogP contribution in [-0.2, 0) is 10.2 Å². The normalized spacial score (nSPS) is 12.7. The lowest BCUT2D eigenvalue weighted by Crippen LogP contribution is -2.07. The highest BCUT2D eigenvalue weighted by Gasteiger charge is 2.17. The Balaban J connectivity index is 2.38. The summed E-state index contributed by atoms with van der Waals surface area (Å²) in [6.45, 7) is 6.47. The molecule has 0 fully saturated rings. The van der Waals surface area contributed by atoms with Crippen molar-refractivity contribution in [3.8, 4) is 0 Å². The van der Waals surface area contributed by atoms with Crippen LogP contribution in [0, 0.1) is 0 Å². The number of thiophene rings is 2. The van der Waals surface area contributed by atoms with E-state index in [0.717, 1.165) is 9.75 Å². The fraction of sp³-hybridized carbons (Fsp3) is 0.267. The number of carbonyl (C=O) groups is 1. The average molecular weight is 292 g/mol. The lowest BCUT2D eigenvalue weighted by molar-refractivity contribution is -0.130. The molecule has 2 aromatic heterocycles. The van der Waals surface area contributed by atoms with E-state index < -0.39 is 5.97 Å². The molecule has 19 heavy (non-hydrogen) atoms. The number of carboxylic acids is 1. The van der Waals surface area contributed by atoms with Crippen molar-refractivity contribution in [2.75, 3.05) is 0 Å². The molecular weight excluding hydrogens is 276 g/mol. The molecule has 2 nitrogen and oxygen atoms in total. The van der Waals surface area contributed by atoms with Gasteiger partial charge < -0.3 is 5.11 Å². The lowest BCUT2D eigenvalue weighted by Gasteiger charge is -2.15. The maximum absolute atomic E-state index is 11.3. The topological polar surface area (TPSA) is 37.3 Å². The molecule has 100 valence electrons. The second-order valence-electron chi connectivity index (χ2n) is 5.29. The van der Waals surface area contributed by atoms with E-state index in [1.807, 2.05) is 23.6 Å². The van der Waals surface area contributed by atoms with E-state index in [2.05, 4.69) is 26.8 Å². The number of carboxylic acid groups (broad SMARTS) is 1. The van der Waals surface area contributed by atoms with E-state index in [0.29, 0.717) is 5.57 Å². The average Bonchev–Trinajstić information content (AvgIpc) is 2.95. The fourth-order valence-corrected chi connectivity index (χ4v) is 3.39. The van der Waals surface area contributed by atoms with E-state index >= 15 is 0 Å². The van der Waals surface area contributed by atoms with E-state index in [1.165, 1.54) is 16.2 Å². The van der Waals surface area contributed by atoms with Crippen molar-refractivity contribution < 1.29 is 9.90 Å². The lowest BCUT2D eigenvalue weighted by atomic mass is 9.95. The van der Waals surface area contributed by atoms with Crippen LogP contribution in [0.25, 0.3) is 11.6 Å². The van der Waals surface area contributed by atoms with Gasteiger partial charge in [0, 0.05) is 14.6 Å². The van der Waals surface area contributed by atoms with Crippen LogP contribution in [0.3, 0.4) is 0 Å². The number of hydrogen-bond acceptors (Lipinski definition) is 3. The molecular formula is C15H16O2S2. The SMILES string of the molecule is CC(C)(C)c1ccc(/C=C(/C(=O)O)c2cccs2)s1. The highest BCUT2D eigenvalue weighted by molar-refractivity contribution is 7.13. The maximum Gasteiger partial charge on any atom is 0.337 e. The predicted octanol–water partition coefficient (Wildman–Crippen LogP) is 4.73. The van der Waals surface area contributed by atoms with Crippen LogP contribution in [0.15, 0.2) is 29.6 Å². The third kappa shape index (κ3) is 3.33. The van der Waals surface area contributed by atoms with Crippen LogP contribution in [0.4, 0.5) is 0 Å². The minimum atomic E-state index is -0.881. The number of rotatable bonds is 3. The summed E-state index contributed by atoms with van der Waals surface area (Å²) in [6, 6.07) is 7.76. The Morgan fingerprint density at radius 2 is 2.00 bits per heavy atom. The van der Waals surface area contributed by atoms with E-state index in [-0.39, 0.29) is 5.41 Å². The van der Waals surface area contributed by atoms with Crippen molar-refractivity contribution in [1.82, 2.24) is 0 Å². The van der Waals surface area contributed by atoms with Crippen molar-refractivity contribution >= 4 is 40.3 Å². The molecule has 0 radical (unpaired) electrons. The zero-order valence-corrected chi connectivity index (χ0v) is 12.8. The van der Waals surface area contributed by atoms with Gasteiger partial charge in [0.2, 0.25) is 0 Å². The van der Waals surface area contributed by atoms with Crippen molar-refractivity contribution in [3.05, 3.63) is 44.3 Å². The first kappa shape index (κ1) is 14.0. The summed E-state index contributed by atoms with van der Waals surface area (Å²) >= 11 is 3.09. The summed E-state index contributed by atoms with van der Waals surface area (Å²) in [6.07, 6.45) is 1.76. The fourth-order valence-electron chi connectivity index (χ4n) is 1.65. The highest BCUT2D eigenvalue weighted by atomic mass is 32.1. The van der Waals surface area contributed by atoms with Crippen molar-refractivity contribution in [1.29, 1.82) is 0 Å². The molecule has 2 aromatic rings. The summed E-state index contributed by atoms with van der Waals surface area (Å²) in [5.41, 5.74) is 0.459. The summed E-state index contributed by atoms with van der Waals surface area (Å²) in [5, 5.41) is 11.2. The van der Waals surface area contributed by atoms with Crippen LogP contribution < -0.4 is 0 Å². The molecule has 0 aliphatic carbocycles. The molecule has 1 N–H and O–H groups in total. The van der Waals surface area contributed by atoms with E-state index in [9.17, 15) is 9.90 Å². The molecule has 0 spiro atoms. The zero-order valence-electron chi connectivity index (χ0n) is 11.1. The Labute approximate surface area is 121 Å². The third-order valence-corrected chi connectivity index (χ3v) is 5.03. The van der Waals surface area contributed by atoms with Gasteiger partial charge in [0.1, 0.15) is 0 Å². The quantitative estimate of drug-likeness (QED) is 0.830. The molecule has 2 rings (SSSR count). The first-order valence-electron chi connectivity index (χ1n) is 5.97. The van der Waals surface area contributed by atoms with E-state index in [4.69, 9.17) is 0 Å². The zero-order chi connectivity index (χ0) is 14.0. The second kappa shape index (κ2) is 5.31. The summed E-state index contributed by atoms with van der Waals surface area (Å²) in [7, 11) is 0. The van der Waals surface area contributed by atoms with E-state index in [1.54, 1.807) is 17.4 Å². The van der Waals surface area contributed by atoms with Crippen LogP contribution in [0.5, 0.6) is 0 Å². The van der Waals surface area contributed by atoms with Gasteiger partial charge in [-0.3, -0.25) is 0 Å². The predicted molar refractivity (Wildman–Crippen MR) is 82.8 cm³/mol. The van der Waals surface area contributed by atoms with Gasteiger partial charge in [0.15, 0.2) is 0 Å². The molecule has 4 heteroatoms. The van der Waals surface area contributed by atoms with Crippen molar-refractivity contribution in [2.24, 2.45) is 0 Å². The minimum absolute atomic E-state index is 0.100. The van der Waals surface area contributed by atoms with Crippen LogP contribution >= 0.6 is 22.7 Å². The van der Waals surface area contributed by atoms with Gasteiger partial charge >= 0.3 is 5.97 Å². The van der Waals surface area contributed by atoms with Crippen molar-refractivity contribution in [2.45, 2.75) is 26.2 Å². The maximum atomic E-state index is 11.3. The van der Waals surface area contributed by atoms with Crippen molar-refractivity contribution in [3.63, 3.8) is 0 Å². The smallest absolute Gasteiger partial charge is 0.337 e. The second-order valence-corrected chi connectivity index (χ2v) is 7.36. The molecule has 0 aliphatic rings. The monoisotopic (exact) mass is 292 g/mol. The first-order chi connectivity index (χ1) is 8.88. The summed E-state index contributed by atoms with van der Waals surface area (Å²) < 4.78 is 0. The molecule has 0 saturated heterocycles. The number of hydrogen-bond donors (Lipinski definition) is 1. The van der Waals surface area contributed by atoms with Crippen LogP contribution in [0.1, 0.15) is 35.4 Å². The summed E-state index contributed by atoms with van der Waals surface area (Å²) in [5.74, 6) is -0.881. The Kier molecular flexibility index (Phi) is 3.92. The van der Waals surface area contributed by atoms with Crippen LogP contribution in [-0.4, -0.2) is 11.1 Å². The Morgan fingerprint density at radius 3 is 2.47 bits per heavy atom. The third-order valence-electron chi connectivity index (χ3n) is 2.67. The number of aliphatic carboxylic acids is 1. The highest BCUT2D eigenvalue weighted by Crippen LogP contribution is 2.32. The largest absolute Gasteiger partial charge is 0.478 e. The molecule has 0 atom stereocenters. The van der Waals surface area contributed by atoms with Gasteiger partial charge in [0.25, 0.3) is 0 Å².